The molecule has 9 aromatic rings. The van der Waals surface area contributed by atoms with Crippen LogP contribution in [0.4, 0.5) is 22.7 Å². The Labute approximate surface area is 405 Å². The van der Waals surface area contributed by atoms with E-state index < -0.39 is 0 Å². The molecular weight excluding hydrogens is 988 g/mol. The van der Waals surface area contributed by atoms with Crippen molar-refractivity contribution < 1.29 is 25.8 Å². The summed E-state index contributed by atoms with van der Waals surface area (Å²) < 4.78 is 8.96. The van der Waals surface area contributed by atoms with Crippen LogP contribution in [0.15, 0.2) is 164 Å². The third-order valence-corrected chi connectivity index (χ3v) is 12.6. The summed E-state index contributed by atoms with van der Waals surface area (Å²) in [5, 5.41) is 2.21. The van der Waals surface area contributed by atoms with Gasteiger partial charge in [0.15, 0.2) is 0 Å². The van der Waals surface area contributed by atoms with Crippen LogP contribution in [0, 0.1) is 18.8 Å². The fourth-order valence-corrected chi connectivity index (χ4v) is 8.86. The Morgan fingerprint density at radius 1 is 0.515 bits per heavy atom. The number of benzene rings is 7. The summed E-state index contributed by atoms with van der Waals surface area (Å²) in [7, 11) is 0. The van der Waals surface area contributed by atoms with Gasteiger partial charge >= 0.3 is 0 Å². The molecule has 0 fully saturated rings. The van der Waals surface area contributed by atoms with Gasteiger partial charge in [-0.2, -0.15) is 12.1 Å². The Bertz CT molecular complexity index is 3190. The van der Waals surface area contributed by atoms with Crippen LogP contribution < -0.4 is 14.5 Å². The molecule has 3 heterocycles. The van der Waals surface area contributed by atoms with Crippen LogP contribution in [0.2, 0.25) is 0 Å². The van der Waals surface area contributed by atoms with Crippen LogP contribution in [0.25, 0.3) is 49.9 Å². The summed E-state index contributed by atoms with van der Waals surface area (Å²) >= 11 is 0. The smallest absolute Gasteiger partial charge is 0.135 e. The fourth-order valence-electron chi connectivity index (χ4n) is 8.86. The number of hydrogen-bond acceptors (Lipinski definition) is 4. The number of aromatic nitrogens is 2. The van der Waals surface area contributed by atoms with Gasteiger partial charge in [-0.05, 0) is 91.4 Å². The molecule has 0 bridgehead atoms. The van der Waals surface area contributed by atoms with Crippen LogP contribution in [-0.4, -0.2) is 9.55 Å². The topological polar surface area (TPSA) is 33.5 Å². The molecule has 0 atom stereocenters. The molecule has 0 aliphatic carbocycles. The molecule has 0 saturated carbocycles. The molecule has 2 aromatic heterocycles. The van der Waals surface area contributed by atoms with Crippen molar-refractivity contribution in [2.24, 2.45) is 0 Å². The van der Waals surface area contributed by atoms with Crippen molar-refractivity contribution in [3.8, 4) is 39.6 Å². The number of anilines is 4. The van der Waals surface area contributed by atoms with Crippen LogP contribution in [0.5, 0.6) is 11.5 Å². The first-order chi connectivity index (χ1) is 31.1. The molecule has 7 aromatic carbocycles. The van der Waals surface area contributed by atoms with Crippen molar-refractivity contribution in [3.05, 3.63) is 199 Å². The summed E-state index contributed by atoms with van der Waals surface area (Å²) in [5.41, 5.74) is 14.5. The van der Waals surface area contributed by atoms with Gasteiger partial charge < -0.3 is 19.1 Å². The van der Waals surface area contributed by atoms with Crippen LogP contribution in [0.1, 0.15) is 79.0 Å². The minimum Gasteiger partial charge on any atom is -0.509 e. The number of pyridine rings is 1. The minimum absolute atomic E-state index is 0. The van der Waals surface area contributed by atoms with Gasteiger partial charge in [-0.15, -0.1) is 48.1 Å². The molecule has 0 unspecified atom stereocenters. The summed E-state index contributed by atoms with van der Waals surface area (Å²) in [4.78, 5) is 9.53. The standard InChI is InChI=1S/C60H55N4O.Pt/c1-58(2,3)43-30-31-61-56(36-43)64-53-29-26-42(40-18-12-10-13-19-40)32-52(53)51-28-27-49(38-55(51)64)65-48-23-16-22-46(37-48)62-39-63(47-34-44(59(4,5)6)33-45(35-47)60(7,8)9)57-50(24-17-25-54(57)62)41-20-14-11-15-21-41;/h10-36,39H,1-9H3;/q-3;. The monoisotopic (exact) mass is 1040 g/mol. The average Bonchev–Trinajstić information content (AvgIpc) is 3.85. The third kappa shape index (κ3) is 8.46. The Hall–Kier alpha value is -6.42. The predicted octanol–water partition coefficient (Wildman–Crippen LogP) is 16.2. The van der Waals surface area contributed by atoms with Crippen molar-refractivity contribution in [1.29, 1.82) is 0 Å². The first kappa shape index (κ1) is 44.8. The van der Waals surface area contributed by atoms with E-state index in [-0.39, 0.29) is 37.3 Å². The molecule has 0 spiro atoms. The molecule has 0 radical (unpaired) electrons. The number of rotatable bonds is 7. The molecule has 0 amide bonds. The van der Waals surface area contributed by atoms with Gasteiger partial charge in [-0.3, -0.25) is 0 Å². The number of nitrogens with zero attached hydrogens (tertiary/aromatic N) is 4. The summed E-state index contributed by atoms with van der Waals surface area (Å²) in [5.74, 6) is 2.03. The van der Waals surface area contributed by atoms with Crippen LogP contribution in [0.3, 0.4) is 0 Å². The fraction of sp³-hybridized carbons (Fsp3) is 0.200. The maximum absolute atomic E-state index is 6.74. The van der Waals surface area contributed by atoms with Gasteiger partial charge in [-0.1, -0.05) is 159 Å². The molecule has 6 heteroatoms. The predicted molar refractivity (Wildman–Crippen MR) is 271 cm³/mol. The zero-order valence-corrected chi connectivity index (χ0v) is 41.5. The number of ether oxygens (including phenoxy) is 1. The molecule has 0 saturated heterocycles. The number of para-hydroxylation sites is 1. The number of hydrogen-bond donors (Lipinski definition) is 0. The maximum Gasteiger partial charge on any atom is 0.135 e. The molecule has 0 N–H and O–H groups in total. The normalized spacial score (nSPS) is 13.0. The summed E-state index contributed by atoms with van der Waals surface area (Å²) in [6.45, 7) is 22.7. The van der Waals surface area contributed by atoms with E-state index in [4.69, 9.17) is 9.72 Å². The second kappa shape index (κ2) is 17.1. The van der Waals surface area contributed by atoms with Gasteiger partial charge in [0.2, 0.25) is 0 Å². The summed E-state index contributed by atoms with van der Waals surface area (Å²) in [6.07, 6.45) is 1.91. The largest absolute Gasteiger partial charge is 0.509 e. The Morgan fingerprint density at radius 2 is 1.17 bits per heavy atom. The van der Waals surface area contributed by atoms with Gasteiger partial charge in [0, 0.05) is 66.9 Å². The van der Waals surface area contributed by atoms with Crippen LogP contribution >= 0.6 is 0 Å². The van der Waals surface area contributed by atoms with Crippen molar-refractivity contribution in [3.63, 3.8) is 0 Å². The Balaban J connectivity index is 0.00000548. The minimum atomic E-state index is -0.0466. The maximum atomic E-state index is 6.74. The Kier molecular flexibility index (Phi) is 11.6. The van der Waals surface area contributed by atoms with E-state index in [1.54, 1.807) is 0 Å². The average molecular weight is 1040 g/mol. The van der Waals surface area contributed by atoms with Gasteiger partial charge in [0.05, 0.1) is 0 Å². The first-order valence-electron chi connectivity index (χ1n) is 22.6. The van der Waals surface area contributed by atoms with Gasteiger partial charge in [0.1, 0.15) is 5.82 Å². The van der Waals surface area contributed by atoms with E-state index >= 15 is 0 Å². The zero-order valence-electron chi connectivity index (χ0n) is 39.2. The third-order valence-electron chi connectivity index (χ3n) is 12.6. The van der Waals surface area contributed by atoms with E-state index in [1.807, 2.05) is 24.4 Å². The van der Waals surface area contributed by atoms with E-state index in [1.165, 1.54) is 22.3 Å². The van der Waals surface area contributed by atoms with E-state index in [2.05, 4.69) is 235 Å². The second-order valence-electron chi connectivity index (χ2n) is 20.3. The zero-order chi connectivity index (χ0) is 45.3. The van der Waals surface area contributed by atoms with Gasteiger partial charge in [0.25, 0.3) is 0 Å². The number of fused-ring (bicyclic) bond motifs is 4. The quantitative estimate of drug-likeness (QED) is 0.149. The Morgan fingerprint density at radius 3 is 1.85 bits per heavy atom. The van der Waals surface area contributed by atoms with Crippen molar-refractivity contribution in [2.75, 3.05) is 9.80 Å². The molecule has 10 rings (SSSR count). The van der Waals surface area contributed by atoms with Gasteiger partial charge in [-0.25, -0.2) is 4.98 Å². The SMILES string of the molecule is CC(C)(C)c1cc(N2[CH-]N(c3[c-]c(Oc4[c-]c5c(cc4)c4cc(-c6ccccc6)ccc4n5-c4cc(C(C)(C)C)ccn4)ccc3)c3cccc(-c4ccccc4)c32)cc(C(C)(C)C)c1.[Pt]. The molecule has 1 aliphatic heterocycles. The summed E-state index contributed by atoms with van der Waals surface area (Å²) in [6, 6.07) is 63.5. The van der Waals surface area contributed by atoms with E-state index in [9.17, 15) is 0 Å². The molecule has 5 nitrogen and oxygen atoms in total. The molecule has 1 aliphatic rings. The second-order valence-corrected chi connectivity index (χ2v) is 20.3. The van der Waals surface area contributed by atoms with E-state index in [0.29, 0.717) is 11.5 Å². The first-order valence-corrected chi connectivity index (χ1v) is 22.6. The van der Waals surface area contributed by atoms with Crippen molar-refractivity contribution in [2.45, 2.75) is 78.6 Å². The van der Waals surface area contributed by atoms with Crippen molar-refractivity contribution in [1.82, 2.24) is 9.55 Å². The van der Waals surface area contributed by atoms with Crippen molar-refractivity contribution >= 4 is 44.6 Å². The van der Waals surface area contributed by atoms with Crippen LogP contribution in [-0.2, 0) is 37.3 Å². The van der Waals surface area contributed by atoms with E-state index in [0.717, 1.165) is 67.1 Å². The molecular formula is C60H55N4OPt-3. The molecule has 334 valence electrons. The molecule has 66 heavy (non-hydrogen) atoms.